The summed E-state index contributed by atoms with van der Waals surface area (Å²) in [5, 5.41) is 9.88. The van der Waals surface area contributed by atoms with Gasteiger partial charge in [0.1, 0.15) is 0 Å². The molecule has 1 fully saturated rings. The summed E-state index contributed by atoms with van der Waals surface area (Å²) in [6.45, 7) is 4.32. The van der Waals surface area contributed by atoms with Crippen LogP contribution in [0.3, 0.4) is 0 Å². The van der Waals surface area contributed by atoms with Crippen molar-refractivity contribution in [2.24, 2.45) is 0 Å². The summed E-state index contributed by atoms with van der Waals surface area (Å²) in [4.78, 5) is 0. The number of H-pyrrole nitrogens is 1. The van der Waals surface area contributed by atoms with E-state index in [0.29, 0.717) is 18.2 Å². The van der Waals surface area contributed by atoms with E-state index >= 15 is 0 Å². The molecular weight excluding hydrogens is 252 g/mol. The van der Waals surface area contributed by atoms with Crippen LogP contribution >= 0.6 is 0 Å². The van der Waals surface area contributed by atoms with Crippen LogP contribution in [0.15, 0.2) is 11.2 Å². The van der Waals surface area contributed by atoms with Crippen molar-refractivity contribution in [1.82, 2.24) is 20.2 Å². The Morgan fingerprint density at radius 1 is 1.56 bits per heavy atom. The summed E-state index contributed by atoms with van der Waals surface area (Å²) >= 11 is 0. The SMILES string of the molecule is CCC(C)NS(=O)(=O)c1[nH]ncc1CNC1CC1. The van der Waals surface area contributed by atoms with Crippen LogP contribution < -0.4 is 10.0 Å². The van der Waals surface area contributed by atoms with E-state index in [1.54, 1.807) is 6.20 Å². The van der Waals surface area contributed by atoms with Crippen molar-refractivity contribution in [2.75, 3.05) is 0 Å². The zero-order valence-electron chi connectivity index (χ0n) is 10.7. The van der Waals surface area contributed by atoms with Crippen LogP contribution in [0.5, 0.6) is 0 Å². The lowest BCUT2D eigenvalue weighted by atomic mass is 10.3. The number of nitrogens with zero attached hydrogens (tertiary/aromatic N) is 1. The molecule has 1 aliphatic carbocycles. The minimum atomic E-state index is -3.49. The maximum Gasteiger partial charge on any atom is 0.258 e. The highest BCUT2D eigenvalue weighted by molar-refractivity contribution is 7.89. The van der Waals surface area contributed by atoms with Crippen molar-refractivity contribution in [3.05, 3.63) is 11.8 Å². The molecule has 1 heterocycles. The minimum absolute atomic E-state index is 0.0810. The Balaban J connectivity index is 2.08. The molecule has 0 bridgehead atoms. The molecule has 0 spiro atoms. The van der Waals surface area contributed by atoms with E-state index in [1.165, 1.54) is 12.8 Å². The molecule has 0 aromatic carbocycles. The second kappa shape index (κ2) is 5.38. The Morgan fingerprint density at radius 3 is 2.89 bits per heavy atom. The van der Waals surface area contributed by atoms with Gasteiger partial charge in [0, 0.05) is 24.2 Å². The summed E-state index contributed by atoms with van der Waals surface area (Å²) in [6.07, 6.45) is 4.67. The van der Waals surface area contributed by atoms with Crippen LogP contribution in [0.25, 0.3) is 0 Å². The zero-order chi connectivity index (χ0) is 13.2. The number of aromatic nitrogens is 2. The molecule has 1 saturated carbocycles. The number of nitrogens with one attached hydrogen (secondary N) is 3. The van der Waals surface area contributed by atoms with Gasteiger partial charge < -0.3 is 5.32 Å². The monoisotopic (exact) mass is 272 g/mol. The number of hydrogen-bond donors (Lipinski definition) is 3. The van der Waals surface area contributed by atoms with Crippen LogP contribution in [0.4, 0.5) is 0 Å². The lowest BCUT2D eigenvalue weighted by Crippen LogP contribution is -2.33. The fourth-order valence-corrected chi connectivity index (χ4v) is 3.06. The Kier molecular flexibility index (Phi) is 4.04. The molecule has 0 radical (unpaired) electrons. The van der Waals surface area contributed by atoms with E-state index in [1.807, 2.05) is 13.8 Å². The van der Waals surface area contributed by atoms with Crippen molar-refractivity contribution in [1.29, 1.82) is 0 Å². The van der Waals surface area contributed by atoms with Gasteiger partial charge in [-0.2, -0.15) is 5.10 Å². The maximum atomic E-state index is 12.1. The maximum absolute atomic E-state index is 12.1. The van der Waals surface area contributed by atoms with Gasteiger partial charge in [-0.3, -0.25) is 5.10 Å². The van der Waals surface area contributed by atoms with Crippen LogP contribution in [-0.2, 0) is 16.6 Å². The second-order valence-corrected chi connectivity index (χ2v) is 6.46. The first-order valence-electron chi connectivity index (χ1n) is 6.31. The fourth-order valence-electron chi connectivity index (χ4n) is 1.61. The molecule has 0 amide bonds. The molecule has 1 aromatic rings. The predicted octanol–water partition coefficient (Wildman–Crippen LogP) is 0.738. The molecule has 2 rings (SSSR count). The van der Waals surface area contributed by atoms with E-state index in [9.17, 15) is 8.42 Å². The van der Waals surface area contributed by atoms with Gasteiger partial charge in [-0.05, 0) is 26.2 Å². The Morgan fingerprint density at radius 2 is 2.28 bits per heavy atom. The molecule has 1 aliphatic rings. The normalized spacial score (nSPS) is 17.9. The third-order valence-electron chi connectivity index (χ3n) is 3.07. The van der Waals surface area contributed by atoms with Gasteiger partial charge in [0.15, 0.2) is 5.03 Å². The summed E-state index contributed by atoms with van der Waals surface area (Å²) in [6, 6.07) is 0.459. The molecule has 102 valence electrons. The average molecular weight is 272 g/mol. The third-order valence-corrected chi connectivity index (χ3v) is 4.68. The van der Waals surface area contributed by atoms with Crippen molar-refractivity contribution in [3.63, 3.8) is 0 Å². The van der Waals surface area contributed by atoms with Gasteiger partial charge in [0.05, 0.1) is 6.20 Å². The van der Waals surface area contributed by atoms with Gasteiger partial charge in [-0.1, -0.05) is 6.92 Å². The quantitative estimate of drug-likeness (QED) is 0.683. The molecule has 18 heavy (non-hydrogen) atoms. The van der Waals surface area contributed by atoms with Crippen molar-refractivity contribution < 1.29 is 8.42 Å². The highest BCUT2D eigenvalue weighted by Crippen LogP contribution is 2.20. The molecule has 0 saturated heterocycles. The second-order valence-electron chi connectivity index (χ2n) is 4.81. The van der Waals surface area contributed by atoms with Gasteiger partial charge in [-0.15, -0.1) is 0 Å². The summed E-state index contributed by atoms with van der Waals surface area (Å²) in [5.74, 6) is 0. The van der Waals surface area contributed by atoms with Crippen LogP contribution in [-0.4, -0.2) is 30.7 Å². The molecule has 6 nitrogen and oxygen atoms in total. The number of sulfonamides is 1. The van der Waals surface area contributed by atoms with Gasteiger partial charge in [0.25, 0.3) is 10.0 Å². The van der Waals surface area contributed by atoms with Crippen LogP contribution in [0.1, 0.15) is 38.7 Å². The van der Waals surface area contributed by atoms with Gasteiger partial charge in [-0.25, -0.2) is 13.1 Å². The Bertz CT molecular complexity index is 493. The first-order valence-corrected chi connectivity index (χ1v) is 7.79. The van der Waals surface area contributed by atoms with E-state index < -0.39 is 10.0 Å². The molecule has 1 aromatic heterocycles. The van der Waals surface area contributed by atoms with E-state index in [2.05, 4.69) is 20.2 Å². The lowest BCUT2D eigenvalue weighted by molar-refractivity contribution is 0.549. The molecule has 1 unspecified atom stereocenters. The largest absolute Gasteiger partial charge is 0.310 e. The topological polar surface area (TPSA) is 86.9 Å². The number of aromatic amines is 1. The van der Waals surface area contributed by atoms with E-state index in [4.69, 9.17) is 0 Å². The molecule has 3 N–H and O–H groups in total. The molecular formula is C11H20N4O2S. The molecule has 0 aliphatic heterocycles. The molecule has 7 heteroatoms. The standard InChI is InChI=1S/C11H20N4O2S/c1-3-8(2)15-18(16,17)11-9(7-13-14-11)6-12-10-4-5-10/h7-8,10,12,15H,3-6H2,1-2H3,(H,13,14). The van der Waals surface area contributed by atoms with Crippen LogP contribution in [0, 0.1) is 0 Å². The average Bonchev–Trinajstić information content (AvgIpc) is 3.02. The zero-order valence-corrected chi connectivity index (χ0v) is 11.5. The summed E-state index contributed by atoms with van der Waals surface area (Å²) in [5.41, 5.74) is 0.692. The number of rotatable bonds is 7. The van der Waals surface area contributed by atoms with Gasteiger partial charge in [0.2, 0.25) is 0 Å². The lowest BCUT2D eigenvalue weighted by Gasteiger charge is -2.12. The summed E-state index contributed by atoms with van der Waals surface area (Å²) < 4.78 is 26.9. The van der Waals surface area contributed by atoms with Crippen molar-refractivity contribution >= 4 is 10.0 Å². The van der Waals surface area contributed by atoms with Gasteiger partial charge >= 0.3 is 0 Å². The Hall–Kier alpha value is -0.920. The number of hydrogen-bond acceptors (Lipinski definition) is 4. The first-order chi connectivity index (χ1) is 8.53. The fraction of sp³-hybridized carbons (Fsp3) is 0.727. The predicted molar refractivity (Wildman–Crippen MR) is 68.5 cm³/mol. The first kappa shape index (κ1) is 13.5. The highest BCUT2D eigenvalue weighted by Gasteiger charge is 2.25. The third kappa shape index (κ3) is 3.30. The van der Waals surface area contributed by atoms with E-state index in [0.717, 1.165) is 6.42 Å². The summed E-state index contributed by atoms with van der Waals surface area (Å²) in [7, 11) is -3.49. The van der Waals surface area contributed by atoms with E-state index in [-0.39, 0.29) is 11.1 Å². The van der Waals surface area contributed by atoms with Crippen LogP contribution in [0.2, 0.25) is 0 Å². The minimum Gasteiger partial charge on any atom is -0.310 e. The smallest absolute Gasteiger partial charge is 0.258 e. The van der Waals surface area contributed by atoms with Crippen molar-refractivity contribution in [3.8, 4) is 0 Å². The van der Waals surface area contributed by atoms with Crippen molar-refractivity contribution in [2.45, 2.75) is 56.8 Å². The highest BCUT2D eigenvalue weighted by atomic mass is 32.2. The Labute approximate surface area is 108 Å². The molecule has 1 atom stereocenters.